The highest BCUT2D eigenvalue weighted by Gasteiger charge is 2.24. The zero-order valence-electron chi connectivity index (χ0n) is 14.4. The number of aromatic nitrogens is 3. The number of carbonyl (C=O) groups is 1. The predicted octanol–water partition coefficient (Wildman–Crippen LogP) is 1.37. The molecule has 1 saturated heterocycles. The Morgan fingerprint density at radius 2 is 2.32 bits per heavy atom. The maximum Gasteiger partial charge on any atom is 0.255 e. The largest absolute Gasteiger partial charge is 0.376 e. The Morgan fingerprint density at radius 3 is 2.96 bits per heavy atom. The molecule has 0 radical (unpaired) electrons. The summed E-state index contributed by atoms with van der Waals surface area (Å²) >= 11 is 0. The lowest BCUT2D eigenvalue weighted by Crippen LogP contribution is -2.42. The van der Waals surface area contributed by atoms with Crippen LogP contribution in [0, 0.1) is 6.92 Å². The van der Waals surface area contributed by atoms with Gasteiger partial charge in [0.25, 0.3) is 5.56 Å². The van der Waals surface area contributed by atoms with Crippen LogP contribution in [0.5, 0.6) is 0 Å². The summed E-state index contributed by atoms with van der Waals surface area (Å²) in [6, 6.07) is 5.32. The molecule has 2 aromatic heterocycles. The summed E-state index contributed by atoms with van der Waals surface area (Å²) in [7, 11) is 0. The molecule has 0 spiro atoms. The molecule has 2 atom stereocenters. The monoisotopic (exact) mass is 342 g/mol. The minimum atomic E-state index is -0.312. The third kappa shape index (κ3) is 4.11. The number of H-pyrrole nitrogens is 1. The zero-order valence-corrected chi connectivity index (χ0v) is 14.4. The van der Waals surface area contributed by atoms with Gasteiger partial charge in [0.1, 0.15) is 5.69 Å². The molecule has 0 aliphatic carbocycles. The van der Waals surface area contributed by atoms with E-state index in [1.807, 2.05) is 13.0 Å². The van der Waals surface area contributed by atoms with Gasteiger partial charge >= 0.3 is 0 Å². The van der Waals surface area contributed by atoms with Gasteiger partial charge in [-0.2, -0.15) is 0 Å². The first kappa shape index (κ1) is 17.3. The highest BCUT2D eigenvalue weighted by molar-refractivity contribution is 5.79. The molecule has 2 aromatic rings. The first-order valence-electron chi connectivity index (χ1n) is 8.47. The summed E-state index contributed by atoms with van der Waals surface area (Å²) < 4.78 is 5.58. The van der Waals surface area contributed by atoms with E-state index in [9.17, 15) is 9.59 Å². The van der Waals surface area contributed by atoms with E-state index < -0.39 is 0 Å². The standard InChI is InChI=1S/C18H22N4O3/c1-11-13(10-16(23)20-12(2)15-7-5-9-25-15)18(24)22-17(21-11)14-6-3-4-8-19-14/h3-4,6,8,12,15H,5,7,9-10H2,1-2H3,(H,20,23)(H,21,22,24)/t12-,15+/m1/s1. The third-order valence-corrected chi connectivity index (χ3v) is 4.38. The molecule has 7 heteroatoms. The van der Waals surface area contributed by atoms with Gasteiger partial charge in [-0.25, -0.2) is 4.98 Å². The van der Waals surface area contributed by atoms with Crippen LogP contribution in [-0.4, -0.2) is 39.6 Å². The second-order valence-electron chi connectivity index (χ2n) is 6.28. The minimum Gasteiger partial charge on any atom is -0.376 e. The number of ether oxygens (including phenoxy) is 1. The number of amides is 1. The Hall–Kier alpha value is -2.54. The summed E-state index contributed by atoms with van der Waals surface area (Å²) in [5.41, 5.74) is 1.18. The molecule has 1 fully saturated rings. The van der Waals surface area contributed by atoms with E-state index in [-0.39, 0.29) is 30.0 Å². The lowest BCUT2D eigenvalue weighted by Gasteiger charge is -2.20. The fraction of sp³-hybridized carbons (Fsp3) is 0.444. The Morgan fingerprint density at radius 1 is 1.48 bits per heavy atom. The molecule has 1 amide bonds. The topological polar surface area (TPSA) is 97.0 Å². The number of pyridine rings is 1. The minimum absolute atomic E-state index is 0.00623. The highest BCUT2D eigenvalue weighted by atomic mass is 16.5. The molecule has 0 saturated carbocycles. The average molecular weight is 342 g/mol. The molecule has 3 heterocycles. The molecule has 1 aliphatic heterocycles. The van der Waals surface area contributed by atoms with Crippen molar-refractivity contribution >= 4 is 5.91 Å². The SMILES string of the molecule is Cc1nc(-c2ccccn2)[nH]c(=O)c1CC(=O)N[C@H](C)[C@@H]1CCCO1. The second-order valence-corrected chi connectivity index (χ2v) is 6.28. The molecule has 132 valence electrons. The maximum absolute atomic E-state index is 12.4. The van der Waals surface area contributed by atoms with Gasteiger partial charge in [-0.1, -0.05) is 6.07 Å². The van der Waals surface area contributed by atoms with Gasteiger partial charge in [0.15, 0.2) is 5.82 Å². The second kappa shape index (κ2) is 7.57. The van der Waals surface area contributed by atoms with E-state index in [2.05, 4.69) is 20.3 Å². The predicted molar refractivity (Wildman–Crippen MR) is 93.1 cm³/mol. The van der Waals surface area contributed by atoms with Crippen molar-refractivity contribution in [3.8, 4) is 11.5 Å². The first-order chi connectivity index (χ1) is 12.0. The number of nitrogens with one attached hydrogen (secondary N) is 2. The molecule has 7 nitrogen and oxygen atoms in total. The van der Waals surface area contributed by atoms with Crippen molar-refractivity contribution in [1.82, 2.24) is 20.3 Å². The number of carbonyl (C=O) groups excluding carboxylic acids is 1. The number of hydrogen-bond acceptors (Lipinski definition) is 5. The number of nitrogens with zero attached hydrogens (tertiary/aromatic N) is 2. The summed E-state index contributed by atoms with van der Waals surface area (Å²) in [4.78, 5) is 35.9. The number of hydrogen-bond donors (Lipinski definition) is 2. The molecule has 0 bridgehead atoms. The fourth-order valence-corrected chi connectivity index (χ4v) is 3.00. The molecule has 2 N–H and O–H groups in total. The Bertz CT molecular complexity index is 798. The van der Waals surface area contributed by atoms with Crippen molar-refractivity contribution in [2.24, 2.45) is 0 Å². The third-order valence-electron chi connectivity index (χ3n) is 4.38. The van der Waals surface area contributed by atoms with Crippen molar-refractivity contribution in [1.29, 1.82) is 0 Å². The van der Waals surface area contributed by atoms with Crippen LogP contribution in [0.2, 0.25) is 0 Å². The smallest absolute Gasteiger partial charge is 0.255 e. The van der Waals surface area contributed by atoms with Gasteiger partial charge in [-0.3, -0.25) is 14.6 Å². The first-order valence-corrected chi connectivity index (χ1v) is 8.47. The molecule has 25 heavy (non-hydrogen) atoms. The van der Waals surface area contributed by atoms with Crippen LogP contribution >= 0.6 is 0 Å². The van der Waals surface area contributed by atoms with Gasteiger partial charge in [-0.05, 0) is 38.8 Å². The lowest BCUT2D eigenvalue weighted by atomic mass is 10.1. The summed E-state index contributed by atoms with van der Waals surface area (Å²) in [6.07, 6.45) is 3.64. The van der Waals surface area contributed by atoms with Crippen molar-refractivity contribution in [2.45, 2.75) is 45.3 Å². The van der Waals surface area contributed by atoms with Crippen molar-refractivity contribution in [3.63, 3.8) is 0 Å². The van der Waals surface area contributed by atoms with E-state index in [1.54, 1.807) is 25.3 Å². The van der Waals surface area contributed by atoms with Crippen molar-refractivity contribution < 1.29 is 9.53 Å². The maximum atomic E-state index is 12.4. The normalized spacial score (nSPS) is 18.1. The summed E-state index contributed by atoms with van der Waals surface area (Å²) in [6.45, 7) is 4.39. The zero-order chi connectivity index (χ0) is 17.8. The van der Waals surface area contributed by atoms with E-state index in [4.69, 9.17) is 4.74 Å². The molecule has 3 rings (SSSR count). The van der Waals surface area contributed by atoms with Crippen molar-refractivity contribution in [2.75, 3.05) is 6.61 Å². The van der Waals surface area contributed by atoms with Crippen LogP contribution in [0.25, 0.3) is 11.5 Å². The van der Waals surface area contributed by atoms with Gasteiger partial charge in [0.2, 0.25) is 5.91 Å². The molecular weight excluding hydrogens is 320 g/mol. The number of rotatable bonds is 5. The molecule has 1 aliphatic rings. The van der Waals surface area contributed by atoms with Crippen LogP contribution in [0.15, 0.2) is 29.2 Å². The van der Waals surface area contributed by atoms with Gasteiger partial charge in [-0.15, -0.1) is 0 Å². The summed E-state index contributed by atoms with van der Waals surface area (Å²) in [5.74, 6) is 0.198. The van der Waals surface area contributed by atoms with Crippen LogP contribution in [0.3, 0.4) is 0 Å². The van der Waals surface area contributed by atoms with E-state index in [0.29, 0.717) is 22.8 Å². The quantitative estimate of drug-likeness (QED) is 0.855. The van der Waals surface area contributed by atoms with E-state index >= 15 is 0 Å². The number of aryl methyl sites for hydroxylation is 1. The van der Waals surface area contributed by atoms with E-state index in [0.717, 1.165) is 19.4 Å². The lowest BCUT2D eigenvalue weighted by molar-refractivity contribution is -0.121. The highest BCUT2D eigenvalue weighted by Crippen LogP contribution is 2.15. The van der Waals surface area contributed by atoms with Crippen LogP contribution in [0.4, 0.5) is 0 Å². The van der Waals surface area contributed by atoms with Crippen LogP contribution in [0.1, 0.15) is 31.0 Å². The Kier molecular flexibility index (Phi) is 5.23. The molecule has 0 unspecified atom stereocenters. The average Bonchev–Trinajstić information content (AvgIpc) is 3.13. The van der Waals surface area contributed by atoms with Crippen molar-refractivity contribution in [3.05, 3.63) is 46.0 Å². The Balaban J connectivity index is 1.72. The van der Waals surface area contributed by atoms with Gasteiger partial charge < -0.3 is 15.0 Å². The Labute approximate surface area is 145 Å². The van der Waals surface area contributed by atoms with Crippen LogP contribution < -0.4 is 10.9 Å². The summed E-state index contributed by atoms with van der Waals surface area (Å²) in [5, 5.41) is 2.91. The number of aromatic amines is 1. The fourth-order valence-electron chi connectivity index (χ4n) is 3.00. The van der Waals surface area contributed by atoms with Crippen LogP contribution in [-0.2, 0) is 16.0 Å². The van der Waals surface area contributed by atoms with Gasteiger partial charge in [0.05, 0.1) is 18.6 Å². The van der Waals surface area contributed by atoms with E-state index in [1.165, 1.54) is 0 Å². The van der Waals surface area contributed by atoms with Gasteiger partial charge in [0, 0.05) is 24.1 Å². The molecule has 0 aromatic carbocycles. The molecular formula is C18H22N4O3.